The van der Waals surface area contributed by atoms with Crippen molar-refractivity contribution < 1.29 is 9.90 Å². The first-order chi connectivity index (χ1) is 7.90. The molecule has 1 amide bonds. The first-order valence-electron chi connectivity index (χ1n) is 5.64. The van der Waals surface area contributed by atoms with E-state index in [4.69, 9.17) is 0 Å². The van der Waals surface area contributed by atoms with Gasteiger partial charge in [0.05, 0.1) is 12.5 Å². The van der Waals surface area contributed by atoms with E-state index in [1.165, 1.54) is 0 Å². The summed E-state index contributed by atoms with van der Waals surface area (Å²) in [5.41, 5.74) is 1.82. The van der Waals surface area contributed by atoms with Crippen LogP contribution in [0.5, 0.6) is 0 Å². The minimum atomic E-state index is -0.591. The second-order valence-electron chi connectivity index (χ2n) is 4.53. The van der Waals surface area contributed by atoms with Crippen LogP contribution in [0.15, 0.2) is 22.7 Å². The lowest BCUT2D eigenvalue weighted by Gasteiger charge is -2.14. The van der Waals surface area contributed by atoms with Crippen LogP contribution in [0.1, 0.15) is 25.8 Å². The van der Waals surface area contributed by atoms with Gasteiger partial charge in [0.2, 0.25) is 5.91 Å². The van der Waals surface area contributed by atoms with E-state index in [1.807, 2.05) is 39.0 Å². The second-order valence-corrected chi connectivity index (χ2v) is 5.38. The van der Waals surface area contributed by atoms with Gasteiger partial charge in [-0.1, -0.05) is 29.8 Å². The van der Waals surface area contributed by atoms with Crippen LogP contribution in [-0.4, -0.2) is 17.1 Å². The molecule has 0 heterocycles. The van der Waals surface area contributed by atoms with Gasteiger partial charge < -0.3 is 10.4 Å². The molecule has 2 N–H and O–H groups in total. The van der Waals surface area contributed by atoms with Gasteiger partial charge in [-0.2, -0.15) is 0 Å². The molecule has 0 aliphatic heterocycles. The van der Waals surface area contributed by atoms with Gasteiger partial charge in [0.1, 0.15) is 0 Å². The predicted octanol–water partition coefficient (Wildman–Crippen LogP) is 3.10. The fourth-order valence-corrected chi connectivity index (χ4v) is 1.61. The topological polar surface area (TPSA) is 49.3 Å². The summed E-state index contributed by atoms with van der Waals surface area (Å²) >= 11 is 3.40. The molecule has 4 heteroatoms. The first-order valence-corrected chi connectivity index (χ1v) is 6.43. The van der Waals surface area contributed by atoms with Crippen molar-refractivity contribution in [3.8, 4) is 0 Å². The fraction of sp³-hybridized carbons (Fsp3) is 0.462. The molecule has 17 heavy (non-hydrogen) atoms. The number of aryl methyl sites for hydroxylation is 1. The van der Waals surface area contributed by atoms with Gasteiger partial charge in [-0.3, -0.25) is 4.79 Å². The zero-order chi connectivity index (χ0) is 13.0. The van der Waals surface area contributed by atoms with Crippen LogP contribution in [-0.2, 0) is 4.79 Å². The summed E-state index contributed by atoms with van der Waals surface area (Å²) < 4.78 is 1.01. The molecule has 1 unspecified atom stereocenters. The Bertz CT molecular complexity index is 404. The summed E-state index contributed by atoms with van der Waals surface area (Å²) in [4.78, 5) is 11.6. The van der Waals surface area contributed by atoms with Gasteiger partial charge in [0.15, 0.2) is 0 Å². The van der Waals surface area contributed by atoms with Crippen molar-refractivity contribution in [3.05, 3.63) is 28.2 Å². The number of aliphatic hydroxyl groups is 1. The molecule has 0 saturated heterocycles. The Hall–Kier alpha value is -0.870. The molecule has 1 aromatic rings. The number of anilines is 1. The molecule has 1 atom stereocenters. The Labute approximate surface area is 110 Å². The summed E-state index contributed by atoms with van der Waals surface area (Å²) in [5, 5.41) is 12.4. The van der Waals surface area contributed by atoms with E-state index in [9.17, 15) is 9.90 Å². The van der Waals surface area contributed by atoms with E-state index < -0.39 is 6.10 Å². The molecule has 0 fully saturated rings. The molecule has 0 saturated carbocycles. The first kappa shape index (κ1) is 14.2. The van der Waals surface area contributed by atoms with E-state index in [-0.39, 0.29) is 18.2 Å². The zero-order valence-electron chi connectivity index (χ0n) is 10.3. The monoisotopic (exact) mass is 299 g/mol. The van der Waals surface area contributed by atoms with E-state index in [2.05, 4.69) is 21.2 Å². The van der Waals surface area contributed by atoms with Gasteiger partial charge in [0.25, 0.3) is 0 Å². The number of carbonyl (C=O) groups excluding carboxylic acids is 1. The highest BCUT2D eigenvalue weighted by molar-refractivity contribution is 9.10. The van der Waals surface area contributed by atoms with Crippen LogP contribution in [0.25, 0.3) is 0 Å². The number of amides is 1. The summed E-state index contributed by atoms with van der Waals surface area (Å²) in [7, 11) is 0. The SMILES string of the molecule is Cc1cc(NC(=O)CC(O)C(C)C)ccc1Br. The summed E-state index contributed by atoms with van der Waals surface area (Å²) in [6.07, 6.45) is -0.459. The maximum Gasteiger partial charge on any atom is 0.226 e. The highest BCUT2D eigenvalue weighted by Crippen LogP contribution is 2.20. The van der Waals surface area contributed by atoms with E-state index >= 15 is 0 Å². The van der Waals surface area contributed by atoms with Gasteiger partial charge in [0, 0.05) is 10.2 Å². The highest BCUT2D eigenvalue weighted by atomic mass is 79.9. The molecule has 94 valence electrons. The third-order valence-corrected chi connectivity index (χ3v) is 3.50. The number of carbonyl (C=O) groups is 1. The van der Waals surface area contributed by atoms with Crippen LogP contribution in [0.4, 0.5) is 5.69 Å². The number of nitrogens with one attached hydrogen (secondary N) is 1. The van der Waals surface area contributed by atoms with Crippen molar-refractivity contribution in [2.24, 2.45) is 5.92 Å². The third kappa shape index (κ3) is 4.48. The fourth-order valence-electron chi connectivity index (χ4n) is 1.36. The van der Waals surface area contributed by atoms with E-state index in [1.54, 1.807) is 0 Å². The Kier molecular flexibility index (Phi) is 5.15. The maximum atomic E-state index is 11.6. The highest BCUT2D eigenvalue weighted by Gasteiger charge is 2.14. The largest absolute Gasteiger partial charge is 0.392 e. The van der Waals surface area contributed by atoms with Crippen molar-refractivity contribution in [2.45, 2.75) is 33.3 Å². The molecule has 0 spiro atoms. The maximum absolute atomic E-state index is 11.6. The summed E-state index contributed by atoms with van der Waals surface area (Å²) in [6.45, 7) is 5.74. The molecule has 0 aliphatic carbocycles. The van der Waals surface area contributed by atoms with Crippen LogP contribution in [0, 0.1) is 12.8 Å². The van der Waals surface area contributed by atoms with Gasteiger partial charge in [-0.05, 0) is 36.6 Å². The quantitative estimate of drug-likeness (QED) is 0.897. The normalized spacial score (nSPS) is 12.6. The van der Waals surface area contributed by atoms with E-state index in [0.29, 0.717) is 0 Å². The molecular formula is C13H18BrNO2. The average Bonchev–Trinajstić information content (AvgIpc) is 2.23. The number of benzene rings is 1. The molecule has 0 radical (unpaired) electrons. The molecule has 1 aromatic carbocycles. The lowest BCUT2D eigenvalue weighted by atomic mass is 10.0. The number of hydrogen-bond acceptors (Lipinski definition) is 2. The van der Waals surface area contributed by atoms with Crippen molar-refractivity contribution >= 4 is 27.5 Å². The van der Waals surface area contributed by atoms with Gasteiger partial charge in [-0.15, -0.1) is 0 Å². The van der Waals surface area contributed by atoms with Crippen LogP contribution >= 0.6 is 15.9 Å². The van der Waals surface area contributed by atoms with Gasteiger partial charge >= 0.3 is 0 Å². The molecule has 0 aliphatic rings. The Morgan fingerprint density at radius 3 is 2.65 bits per heavy atom. The van der Waals surface area contributed by atoms with Crippen molar-refractivity contribution in [1.82, 2.24) is 0 Å². The number of halogens is 1. The Morgan fingerprint density at radius 1 is 1.47 bits per heavy atom. The van der Waals surface area contributed by atoms with Crippen molar-refractivity contribution in [3.63, 3.8) is 0 Å². The number of rotatable bonds is 4. The van der Waals surface area contributed by atoms with E-state index in [0.717, 1.165) is 15.7 Å². The van der Waals surface area contributed by atoms with Crippen LogP contribution in [0.3, 0.4) is 0 Å². The minimum Gasteiger partial charge on any atom is -0.392 e. The van der Waals surface area contributed by atoms with Crippen LogP contribution < -0.4 is 5.32 Å². The standard InChI is InChI=1S/C13H18BrNO2/c1-8(2)12(16)7-13(17)15-10-4-5-11(14)9(3)6-10/h4-6,8,12,16H,7H2,1-3H3,(H,15,17). The minimum absolute atomic E-state index is 0.0902. The molecule has 0 bridgehead atoms. The zero-order valence-corrected chi connectivity index (χ0v) is 11.9. The molecule has 0 aromatic heterocycles. The third-order valence-electron chi connectivity index (χ3n) is 2.61. The second kappa shape index (κ2) is 6.17. The Balaban J connectivity index is 2.59. The molecule has 1 rings (SSSR count). The smallest absolute Gasteiger partial charge is 0.226 e. The number of hydrogen-bond donors (Lipinski definition) is 2. The Morgan fingerprint density at radius 2 is 2.12 bits per heavy atom. The lowest BCUT2D eigenvalue weighted by molar-refractivity contribution is -0.118. The summed E-state index contributed by atoms with van der Waals surface area (Å²) in [5.74, 6) is -0.0691. The number of aliphatic hydroxyl groups excluding tert-OH is 1. The average molecular weight is 300 g/mol. The van der Waals surface area contributed by atoms with Crippen molar-refractivity contribution in [2.75, 3.05) is 5.32 Å². The predicted molar refractivity (Wildman–Crippen MR) is 73.0 cm³/mol. The van der Waals surface area contributed by atoms with Gasteiger partial charge in [-0.25, -0.2) is 0 Å². The lowest BCUT2D eigenvalue weighted by Crippen LogP contribution is -2.23. The molecule has 3 nitrogen and oxygen atoms in total. The van der Waals surface area contributed by atoms with Crippen LogP contribution in [0.2, 0.25) is 0 Å². The summed E-state index contributed by atoms with van der Waals surface area (Å²) in [6, 6.07) is 5.62. The van der Waals surface area contributed by atoms with Crippen molar-refractivity contribution in [1.29, 1.82) is 0 Å². The molecular weight excluding hydrogens is 282 g/mol.